The number of amides is 1. The summed E-state index contributed by atoms with van der Waals surface area (Å²) < 4.78 is 0. The van der Waals surface area contributed by atoms with Crippen LogP contribution in [0.1, 0.15) is 26.3 Å². The van der Waals surface area contributed by atoms with Gasteiger partial charge < -0.3 is 15.3 Å². The molecule has 5 heteroatoms. The lowest BCUT2D eigenvalue weighted by molar-refractivity contribution is 0.0696. The second kappa shape index (κ2) is 6.76. The van der Waals surface area contributed by atoms with Gasteiger partial charge in [-0.3, -0.25) is 4.79 Å². The fourth-order valence-corrected chi connectivity index (χ4v) is 1.96. The van der Waals surface area contributed by atoms with E-state index in [1.165, 1.54) is 12.1 Å². The maximum Gasteiger partial charge on any atom is 0.335 e. The van der Waals surface area contributed by atoms with Crippen molar-refractivity contribution in [2.45, 2.75) is 6.54 Å². The summed E-state index contributed by atoms with van der Waals surface area (Å²) in [6.07, 6.45) is 0. The van der Waals surface area contributed by atoms with Gasteiger partial charge in [0.2, 0.25) is 0 Å². The Morgan fingerprint density at radius 1 is 0.955 bits per heavy atom. The zero-order chi connectivity index (χ0) is 16.1. The van der Waals surface area contributed by atoms with Crippen LogP contribution in [0.3, 0.4) is 0 Å². The average molecular weight is 298 g/mol. The van der Waals surface area contributed by atoms with E-state index in [-0.39, 0.29) is 11.5 Å². The Hall–Kier alpha value is -2.82. The molecule has 0 spiro atoms. The van der Waals surface area contributed by atoms with Crippen molar-refractivity contribution in [2.75, 3.05) is 19.0 Å². The molecule has 0 saturated heterocycles. The van der Waals surface area contributed by atoms with Crippen LogP contribution in [0.5, 0.6) is 0 Å². The predicted octanol–water partition coefficient (Wildman–Crippen LogP) is 2.38. The summed E-state index contributed by atoms with van der Waals surface area (Å²) in [6, 6.07) is 13.8. The molecule has 2 rings (SSSR count). The van der Waals surface area contributed by atoms with Gasteiger partial charge >= 0.3 is 5.97 Å². The summed E-state index contributed by atoms with van der Waals surface area (Å²) in [5, 5.41) is 11.6. The quantitative estimate of drug-likeness (QED) is 0.889. The second-order valence-corrected chi connectivity index (χ2v) is 5.13. The van der Waals surface area contributed by atoms with Crippen LogP contribution < -0.4 is 10.2 Å². The lowest BCUT2D eigenvalue weighted by atomic mass is 10.1. The highest BCUT2D eigenvalue weighted by Crippen LogP contribution is 2.12. The number of anilines is 1. The first-order valence-electron chi connectivity index (χ1n) is 6.85. The molecule has 2 aromatic rings. The molecule has 22 heavy (non-hydrogen) atoms. The van der Waals surface area contributed by atoms with Crippen molar-refractivity contribution >= 4 is 17.6 Å². The topological polar surface area (TPSA) is 69.6 Å². The van der Waals surface area contributed by atoms with Crippen LogP contribution in [-0.4, -0.2) is 31.1 Å². The van der Waals surface area contributed by atoms with Gasteiger partial charge in [0, 0.05) is 31.9 Å². The average Bonchev–Trinajstić information content (AvgIpc) is 2.53. The molecule has 0 aliphatic heterocycles. The lowest BCUT2D eigenvalue weighted by Gasteiger charge is -2.12. The van der Waals surface area contributed by atoms with Gasteiger partial charge in [-0.25, -0.2) is 4.79 Å². The molecule has 114 valence electrons. The van der Waals surface area contributed by atoms with Gasteiger partial charge in [-0.2, -0.15) is 0 Å². The Morgan fingerprint density at radius 3 is 2.00 bits per heavy atom. The number of carbonyl (C=O) groups excluding carboxylic acids is 1. The molecule has 1 amide bonds. The molecule has 0 heterocycles. The highest BCUT2D eigenvalue weighted by atomic mass is 16.4. The van der Waals surface area contributed by atoms with E-state index in [9.17, 15) is 9.59 Å². The molecule has 0 unspecified atom stereocenters. The van der Waals surface area contributed by atoms with Gasteiger partial charge in [0.1, 0.15) is 0 Å². The molecule has 0 aromatic heterocycles. The smallest absolute Gasteiger partial charge is 0.335 e. The van der Waals surface area contributed by atoms with Crippen molar-refractivity contribution in [3.63, 3.8) is 0 Å². The minimum absolute atomic E-state index is 0.160. The molecule has 0 bridgehead atoms. The van der Waals surface area contributed by atoms with Crippen molar-refractivity contribution in [1.82, 2.24) is 5.32 Å². The molecule has 5 nitrogen and oxygen atoms in total. The van der Waals surface area contributed by atoms with E-state index in [4.69, 9.17) is 5.11 Å². The fraction of sp³-hybridized carbons (Fsp3) is 0.176. The summed E-state index contributed by atoms with van der Waals surface area (Å²) in [6.45, 7) is 0.355. The van der Waals surface area contributed by atoms with E-state index in [2.05, 4.69) is 5.32 Å². The number of hydrogen-bond donors (Lipinski definition) is 2. The minimum atomic E-state index is -0.962. The summed E-state index contributed by atoms with van der Waals surface area (Å²) in [7, 11) is 3.88. The van der Waals surface area contributed by atoms with Gasteiger partial charge in [-0.1, -0.05) is 12.1 Å². The number of carboxylic acids is 1. The van der Waals surface area contributed by atoms with E-state index >= 15 is 0 Å². The van der Waals surface area contributed by atoms with E-state index in [1.54, 1.807) is 24.3 Å². The molecule has 0 aliphatic carbocycles. The van der Waals surface area contributed by atoms with Crippen molar-refractivity contribution in [3.05, 3.63) is 65.2 Å². The van der Waals surface area contributed by atoms with Crippen LogP contribution in [0.25, 0.3) is 0 Å². The van der Waals surface area contributed by atoms with E-state index < -0.39 is 5.97 Å². The van der Waals surface area contributed by atoms with Crippen LogP contribution >= 0.6 is 0 Å². The molecule has 0 atom stereocenters. The largest absolute Gasteiger partial charge is 0.478 e. The predicted molar refractivity (Wildman–Crippen MR) is 85.3 cm³/mol. The minimum Gasteiger partial charge on any atom is -0.478 e. The third-order valence-electron chi connectivity index (χ3n) is 3.30. The van der Waals surface area contributed by atoms with Gasteiger partial charge in [0.15, 0.2) is 0 Å². The lowest BCUT2D eigenvalue weighted by Crippen LogP contribution is -2.22. The first-order valence-corrected chi connectivity index (χ1v) is 6.85. The first kappa shape index (κ1) is 15.6. The van der Waals surface area contributed by atoms with E-state index in [1.807, 2.05) is 31.1 Å². The number of nitrogens with zero attached hydrogens (tertiary/aromatic N) is 1. The molecule has 0 aliphatic rings. The van der Waals surface area contributed by atoms with Crippen LogP contribution in [0.2, 0.25) is 0 Å². The maximum atomic E-state index is 12.1. The number of carboxylic acid groups (broad SMARTS) is 1. The van der Waals surface area contributed by atoms with Crippen molar-refractivity contribution in [3.8, 4) is 0 Å². The molecule has 0 fully saturated rings. The Kier molecular flexibility index (Phi) is 4.78. The highest BCUT2D eigenvalue weighted by Gasteiger charge is 2.06. The number of aromatic carboxylic acids is 1. The number of benzene rings is 2. The standard InChI is InChI=1S/C17H18N2O3/c1-19(2)15-9-7-13(8-10-15)16(20)18-11-12-3-5-14(6-4-12)17(21)22/h3-10H,11H2,1-2H3,(H,18,20)(H,21,22). The number of nitrogens with one attached hydrogen (secondary N) is 1. The van der Waals surface area contributed by atoms with Crippen LogP contribution in [0.4, 0.5) is 5.69 Å². The molecule has 0 saturated carbocycles. The summed E-state index contributed by atoms with van der Waals surface area (Å²) in [5.41, 5.74) is 2.70. The molecular formula is C17H18N2O3. The monoisotopic (exact) mass is 298 g/mol. The molecular weight excluding hydrogens is 280 g/mol. The first-order chi connectivity index (χ1) is 10.5. The van der Waals surface area contributed by atoms with Gasteiger partial charge in [0.05, 0.1) is 5.56 Å². The zero-order valence-corrected chi connectivity index (χ0v) is 12.5. The highest BCUT2D eigenvalue weighted by molar-refractivity contribution is 5.94. The third kappa shape index (κ3) is 3.85. The Morgan fingerprint density at radius 2 is 1.50 bits per heavy atom. The second-order valence-electron chi connectivity index (χ2n) is 5.13. The van der Waals surface area contributed by atoms with Gasteiger partial charge in [0.25, 0.3) is 5.91 Å². The third-order valence-corrected chi connectivity index (χ3v) is 3.30. The van der Waals surface area contributed by atoms with Gasteiger partial charge in [-0.15, -0.1) is 0 Å². The van der Waals surface area contributed by atoms with Crippen molar-refractivity contribution in [1.29, 1.82) is 0 Å². The number of hydrogen-bond acceptors (Lipinski definition) is 3. The Labute approximate surface area is 129 Å². The molecule has 2 N–H and O–H groups in total. The zero-order valence-electron chi connectivity index (χ0n) is 12.5. The Bertz CT molecular complexity index is 661. The van der Waals surface area contributed by atoms with Gasteiger partial charge in [-0.05, 0) is 42.0 Å². The van der Waals surface area contributed by atoms with E-state index in [0.717, 1.165) is 11.3 Å². The van der Waals surface area contributed by atoms with E-state index in [0.29, 0.717) is 12.1 Å². The molecule has 0 radical (unpaired) electrons. The Balaban J connectivity index is 1.96. The summed E-state index contributed by atoms with van der Waals surface area (Å²) in [4.78, 5) is 24.8. The van der Waals surface area contributed by atoms with Crippen LogP contribution in [0, 0.1) is 0 Å². The number of rotatable bonds is 5. The van der Waals surface area contributed by atoms with Crippen LogP contribution in [0.15, 0.2) is 48.5 Å². The SMILES string of the molecule is CN(C)c1ccc(C(=O)NCc2ccc(C(=O)O)cc2)cc1. The number of carbonyl (C=O) groups is 2. The normalized spacial score (nSPS) is 10.1. The summed E-state index contributed by atoms with van der Waals surface area (Å²) >= 11 is 0. The summed E-state index contributed by atoms with van der Waals surface area (Å²) in [5.74, 6) is -1.12. The molecule has 2 aromatic carbocycles. The van der Waals surface area contributed by atoms with Crippen LogP contribution in [-0.2, 0) is 6.54 Å². The maximum absolute atomic E-state index is 12.1. The fourth-order valence-electron chi connectivity index (χ4n) is 1.96. The van der Waals surface area contributed by atoms with Crippen molar-refractivity contribution < 1.29 is 14.7 Å². The van der Waals surface area contributed by atoms with Crippen molar-refractivity contribution in [2.24, 2.45) is 0 Å².